The van der Waals surface area contributed by atoms with Crippen molar-refractivity contribution >= 4 is 29.1 Å². The van der Waals surface area contributed by atoms with Gasteiger partial charge in [0.05, 0.1) is 22.5 Å². The van der Waals surface area contributed by atoms with E-state index in [1.165, 1.54) is 24.3 Å². The molecule has 0 radical (unpaired) electrons. The van der Waals surface area contributed by atoms with Crippen molar-refractivity contribution in [1.29, 1.82) is 0 Å². The van der Waals surface area contributed by atoms with Crippen LogP contribution in [0.4, 0.5) is 42.1 Å². The first-order valence-electron chi connectivity index (χ1n) is 14.1. The summed E-state index contributed by atoms with van der Waals surface area (Å²) in [5.41, 5.74) is 4.14. The molecule has 1 atom stereocenters. The second kappa shape index (κ2) is 13.7. The van der Waals surface area contributed by atoms with Crippen molar-refractivity contribution in [3.8, 4) is 0 Å². The zero-order valence-corrected chi connectivity index (χ0v) is 23.8. The van der Waals surface area contributed by atoms with Crippen LogP contribution in [-0.4, -0.2) is 29.6 Å². The maximum atomic E-state index is 13.2. The van der Waals surface area contributed by atoms with Crippen molar-refractivity contribution in [2.24, 2.45) is 0 Å². The SMILES string of the molecule is Nc1cc(F)ccc1NC(O)CCCCCNC(=O)c1ccc2c(c1)CC/C(=C\c1cc(C(F)(F)F)cc(C(F)(F)F)c1)C2=O. The fourth-order valence-corrected chi connectivity index (χ4v) is 4.98. The molecule has 4 rings (SSSR count). The molecule has 3 aromatic rings. The maximum absolute atomic E-state index is 13.2. The van der Waals surface area contributed by atoms with Gasteiger partial charge >= 0.3 is 12.4 Å². The molecule has 6 nitrogen and oxygen atoms in total. The number of amides is 1. The van der Waals surface area contributed by atoms with E-state index in [1.807, 2.05) is 0 Å². The van der Waals surface area contributed by atoms with E-state index in [4.69, 9.17) is 5.73 Å². The number of nitrogen functional groups attached to an aromatic ring is 1. The van der Waals surface area contributed by atoms with Crippen LogP contribution in [0.2, 0.25) is 0 Å². The summed E-state index contributed by atoms with van der Waals surface area (Å²) in [6.07, 6.45) is -7.15. The predicted octanol–water partition coefficient (Wildman–Crippen LogP) is 7.38. The summed E-state index contributed by atoms with van der Waals surface area (Å²) in [6, 6.07) is 9.40. The van der Waals surface area contributed by atoms with Crippen LogP contribution in [0.15, 0.2) is 60.2 Å². The summed E-state index contributed by atoms with van der Waals surface area (Å²) in [4.78, 5) is 25.7. The third kappa shape index (κ3) is 8.84. The fraction of sp³-hybridized carbons (Fsp3) is 0.312. The smallest absolute Gasteiger partial charge is 0.397 e. The van der Waals surface area contributed by atoms with Gasteiger partial charge in [-0.05, 0) is 104 Å². The molecule has 0 aliphatic heterocycles. The molecule has 0 aromatic heterocycles. The summed E-state index contributed by atoms with van der Waals surface area (Å²) in [7, 11) is 0. The number of halogens is 7. The molecule has 3 aromatic carbocycles. The van der Waals surface area contributed by atoms with Crippen molar-refractivity contribution in [3.05, 3.63) is 99.4 Å². The minimum absolute atomic E-state index is 0.0312. The van der Waals surface area contributed by atoms with E-state index < -0.39 is 41.3 Å². The number of Topliss-reactive ketones (excluding diaryl/α,β-unsaturated/α-hetero) is 1. The van der Waals surface area contributed by atoms with Crippen molar-refractivity contribution in [1.82, 2.24) is 5.32 Å². The van der Waals surface area contributed by atoms with Crippen molar-refractivity contribution in [2.45, 2.75) is 57.1 Å². The second-order valence-electron chi connectivity index (χ2n) is 10.7. The van der Waals surface area contributed by atoms with E-state index in [-0.39, 0.29) is 47.2 Å². The number of rotatable bonds is 10. The summed E-state index contributed by atoms with van der Waals surface area (Å²) in [5.74, 6) is -1.39. The molecular formula is C32H30F7N3O3. The average Bonchev–Trinajstić information content (AvgIpc) is 2.96. The van der Waals surface area contributed by atoms with Gasteiger partial charge in [-0.1, -0.05) is 6.42 Å². The zero-order chi connectivity index (χ0) is 32.9. The van der Waals surface area contributed by atoms with Crippen LogP contribution in [0.25, 0.3) is 6.08 Å². The van der Waals surface area contributed by atoms with Gasteiger partial charge in [0.15, 0.2) is 5.78 Å². The first-order chi connectivity index (χ1) is 21.1. The number of allylic oxidation sites excluding steroid dienone is 1. The third-order valence-electron chi connectivity index (χ3n) is 7.29. The van der Waals surface area contributed by atoms with E-state index >= 15 is 0 Å². The highest BCUT2D eigenvalue weighted by molar-refractivity contribution is 6.13. The third-order valence-corrected chi connectivity index (χ3v) is 7.29. The molecule has 0 spiro atoms. The lowest BCUT2D eigenvalue weighted by Gasteiger charge is -2.19. The largest absolute Gasteiger partial charge is 0.416 e. The molecule has 0 fully saturated rings. The summed E-state index contributed by atoms with van der Waals surface area (Å²) < 4.78 is 92.5. The minimum atomic E-state index is -5.00. The Morgan fingerprint density at radius 1 is 0.911 bits per heavy atom. The lowest BCUT2D eigenvalue weighted by Crippen LogP contribution is -2.25. The van der Waals surface area contributed by atoms with E-state index in [0.717, 1.165) is 12.1 Å². The Morgan fingerprint density at radius 2 is 1.60 bits per heavy atom. The van der Waals surface area contributed by atoms with Crippen LogP contribution in [0.3, 0.4) is 0 Å². The van der Waals surface area contributed by atoms with Gasteiger partial charge in [0.1, 0.15) is 12.0 Å². The highest BCUT2D eigenvalue weighted by Crippen LogP contribution is 2.37. The van der Waals surface area contributed by atoms with Gasteiger partial charge in [-0.15, -0.1) is 0 Å². The van der Waals surface area contributed by atoms with Gasteiger partial charge in [-0.25, -0.2) is 4.39 Å². The number of benzene rings is 3. The summed E-state index contributed by atoms with van der Waals surface area (Å²) >= 11 is 0. The highest BCUT2D eigenvalue weighted by Gasteiger charge is 2.37. The molecular weight excluding hydrogens is 607 g/mol. The number of fused-ring (bicyclic) bond motifs is 1. The number of carbonyl (C=O) groups excluding carboxylic acids is 2. The number of aliphatic hydroxyl groups is 1. The van der Waals surface area contributed by atoms with Crippen LogP contribution in [0.5, 0.6) is 0 Å². The number of unbranched alkanes of at least 4 members (excludes halogenated alkanes) is 2. The van der Waals surface area contributed by atoms with Gasteiger partial charge < -0.3 is 21.5 Å². The average molecular weight is 638 g/mol. The molecule has 45 heavy (non-hydrogen) atoms. The standard InChI is InChI=1S/C32H30F7N3O3/c33-24-8-10-27(26(40)17-24)42-28(43)4-2-1-3-11-41-30(45)21-7-9-25-19(15-21)5-6-20(29(25)44)12-18-13-22(31(34,35)36)16-23(14-18)32(37,38)39/h7-10,12-17,28,42-43H,1-6,11,40H2,(H,41,45)/b20-12+. The Morgan fingerprint density at radius 3 is 2.24 bits per heavy atom. The number of hydrogen-bond acceptors (Lipinski definition) is 5. The van der Waals surface area contributed by atoms with Gasteiger partial charge in [0.25, 0.3) is 5.91 Å². The lowest BCUT2D eigenvalue weighted by atomic mass is 9.85. The van der Waals surface area contributed by atoms with Gasteiger partial charge in [0, 0.05) is 23.2 Å². The summed E-state index contributed by atoms with van der Waals surface area (Å²) in [5, 5.41) is 15.7. The van der Waals surface area contributed by atoms with Crippen molar-refractivity contribution in [3.63, 3.8) is 0 Å². The van der Waals surface area contributed by atoms with E-state index in [0.29, 0.717) is 61.2 Å². The number of nitrogens with one attached hydrogen (secondary N) is 2. The molecule has 5 N–H and O–H groups in total. The lowest BCUT2D eigenvalue weighted by molar-refractivity contribution is -0.143. The van der Waals surface area contributed by atoms with Crippen LogP contribution in [0, 0.1) is 5.82 Å². The Bertz CT molecular complexity index is 1570. The number of ketones is 1. The first kappa shape index (κ1) is 33.5. The number of anilines is 2. The quantitative estimate of drug-likeness (QED) is 0.0611. The molecule has 0 saturated carbocycles. The van der Waals surface area contributed by atoms with Crippen LogP contribution in [0.1, 0.15) is 75.1 Å². The van der Waals surface area contributed by atoms with Gasteiger partial charge in [0.2, 0.25) is 0 Å². The number of carbonyl (C=O) groups is 2. The fourth-order valence-electron chi connectivity index (χ4n) is 4.98. The molecule has 1 amide bonds. The van der Waals surface area contributed by atoms with Gasteiger partial charge in [-0.3, -0.25) is 9.59 Å². The number of aryl methyl sites for hydroxylation is 1. The monoisotopic (exact) mass is 637 g/mol. The number of hydrogen-bond donors (Lipinski definition) is 4. The molecule has 1 aliphatic carbocycles. The summed E-state index contributed by atoms with van der Waals surface area (Å²) in [6.45, 7) is 0.354. The number of aliphatic hydroxyl groups excluding tert-OH is 1. The normalized spacial score (nSPS) is 15.1. The predicted molar refractivity (Wildman–Crippen MR) is 155 cm³/mol. The molecule has 0 bridgehead atoms. The van der Waals surface area contributed by atoms with Gasteiger partial charge in [-0.2, -0.15) is 26.3 Å². The van der Waals surface area contributed by atoms with Crippen molar-refractivity contribution < 1.29 is 45.4 Å². The highest BCUT2D eigenvalue weighted by atomic mass is 19.4. The zero-order valence-electron chi connectivity index (χ0n) is 23.8. The van der Waals surface area contributed by atoms with Crippen LogP contribution >= 0.6 is 0 Å². The molecule has 0 heterocycles. The first-order valence-corrected chi connectivity index (χ1v) is 14.1. The topological polar surface area (TPSA) is 104 Å². The Hall–Kier alpha value is -4.39. The Labute approximate surface area is 254 Å². The van der Waals surface area contributed by atoms with E-state index in [1.54, 1.807) is 6.07 Å². The second-order valence-corrected chi connectivity index (χ2v) is 10.7. The Kier molecular flexibility index (Phi) is 10.2. The number of nitrogens with two attached hydrogens (primary N) is 1. The van der Waals surface area contributed by atoms with E-state index in [9.17, 15) is 45.4 Å². The molecule has 13 heteroatoms. The molecule has 240 valence electrons. The van der Waals surface area contributed by atoms with Crippen LogP contribution < -0.4 is 16.4 Å². The molecule has 1 aliphatic rings. The van der Waals surface area contributed by atoms with Crippen LogP contribution in [-0.2, 0) is 18.8 Å². The Balaban J connectivity index is 1.30. The molecule has 0 saturated heterocycles. The number of alkyl halides is 6. The van der Waals surface area contributed by atoms with E-state index in [2.05, 4.69) is 10.6 Å². The minimum Gasteiger partial charge on any atom is -0.397 e. The maximum Gasteiger partial charge on any atom is 0.416 e. The van der Waals surface area contributed by atoms with Crippen molar-refractivity contribution in [2.75, 3.05) is 17.6 Å². The molecule has 1 unspecified atom stereocenters.